The number of nitrogens with one attached hydrogen (secondary N) is 4. The molecule has 4 fully saturated rings. The Morgan fingerprint density at radius 2 is 0.840 bits per heavy atom. The van der Waals surface area contributed by atoms with Gasteiger partial charge in [0.2, 0.25) is 5.91 Å². The van der Waals surface area contributed by atoms with Gasteiger partial charge >= 0.3 is 0 Å². The molecule has 1 saturated heterocycles. The number of hydrogen-bond donors (Lipinski definition) is 9. The number of carbonyl (C=O) groups excluding carboxylic acids is 7. The summed E-state index contributed by atoms with van der Waals surface area (Å²) in [7, 11) is 3.52. The lowest BCUT2D eigenvalue weighted by Crippen LogP contribution is -2.45. The number of nitrogen functional groups attached to an aromatic ring is 2. The molecule has 554 valence electrons. The molecule has 14 N–H and O–H groups in total. The molecule has 3 aliphatic carbocycles. The van der Waals surface area contributed by atoms with Crippen molar-refractivity contribution >= 4 is 58.8 Å². The van der Waals surface area contributed by atoms with Gasteiger partial charge in [-0.1, -0.05) is 147 Å². The summed E-state index contributed by atoms with van der Waals surface area (Å²) < 4.78 is 10.9. The molecule has 2 unspecified atom stereocenters. The smallest absolute Gasteiger partial charge is 0.254 e. The summed E-state index contributed by atoms with van der Waals surface area (Å²) in [6, 6.07) is 45.7. The van der Waals surface area contributed by atoms with E-state index in [4.69, 9.17) is 48.7 Å². The highest BCUT2D eigenvalue weighted by atomic mass is 16.5. The van der Waals surface area contributed by atoms with Gasteiger partial charge in [0.15, 0.2) is 0 Å². The van der Waals surface area contributed by atoms with E-state index in [-0.39, 0.29) is 70.7 Å². The minimum Gasteiger partial charge on any atom is -0.383 e. The average Bonchev–Trinajstić information content (AvgIpc) is 1.60. The second-order valence-electron chi connectivity index (χ2n) is 29.0. The first-order valence-corrected chi connectivity index (χ1v) is 36.5. The monoisotopic (exact) mass is 1430 g/mol. The van der Waals surface area contributed by atoms with Crippen LogP contribution in [0.25, 0.3) is 33.8 Å². The quantitative estimate of drug-likeness (QED) is 0.0323. The summed E-state index contributed by atoms with van der Waals surface area (Å²) >= 11 is 0. The number of nitrogens with zero attached hydrogens (tertiary/aromatic N) is 7. The predicted octanol–water partition coefficient (Wildman–Crippen LogP) is 11.7. The van der Waals surface area contributed by atoms with Crippen LogP contribution in [-0.2, 0) is 29.2 Å². The Morgan fingerprint density at radius 1 is 0.481 bits per heavy atom. The fourth-order valence-corrected chi connectivity index (χ4v) is 14.8. The molecule has 3 aromatic heterocycles. The van der Waals surface area contributed by atoms with E-state index in [9.17, 15) is 33.6 Å². The minimum atomic E-state index is -0.648. The zero-order valence-corrected chi connectivity index (χ0v) is 61.5. The number of nitrogens with two attached hydrogens (primary N) is 5. The first-order chi connectivity index (χ1) is 50.9. The predicted molar refractivity (Wildman–Crippen MR) is 411 cm³/mol. The van der Waals surface area contributed by atoms with Gasteiger partial charge in [0.25, 0.3) is 35.4 Å². The molecule has 1 spiro atoms. The van der Waals surface area contributed by atoms with Crippen LogP contribution in [0.4, 0.5) is 17.5 Å². The van der Waals surface area contributed by atoms with Gasteiger partial charge < -0.3 is 59.6 Å². The molecule has 4 heterocycles. The largest absolute Gasteiger partial charge is 0.383 e. The van der Waals surface area contributed by atoms with Gasteiger partial charge in [-0.2, -0.15) is 15.3 Å². The molecule has 7 amide bonds. The lowest BCUT2D eigenvalue weighted by atomic mass is 9.71. The second kappa shape index (κ2) is 33.6. The van der Waals surface area contributed by atoms with Gasteiger partial charge in [0.05, 0.1) is 31.3 Å². The normalized spacial score (nSPS) is 16.2. The highest BCUT2D eigenvalue weighted by Gasteiger charge is 2.43. The molecule has 13 rings (SSSR count). The number of amides is 7. The number of primary amides is 3. The standard InChI is InChI=1S/C28H34N6O3.C27H31N5O3.C27H33N5O2/c1-17-7-4-5-10-22(17)27(36)31-16-18-11-13-19(14-12-18)24-23(26(30)35)25(29)34(32-24)21-9-6-8-20(15-21)28(37)33(2)3;1-17-4-2-3-5-21(17)26(34)30-14-18-6-8-19(9-7-18)23-22(25(29)33)24(28)32(31-23)20-10-12-27(13-11-20)15-35-16-27;1-17(2)30-26-23(25(28)33)24(31-32(26)21-9-5-6-10-21)20-14-12-19(13-15-20)16-29-27(34)22-11-7-4-8-18(22)3/h4-5,7,10-14,20-21H,6,8-9,15-16,29H2,1-3H3,(H2,30,35)(H,31,36);2-9,20H,10-16,28H2,1H3,(H2,29,33)(H,30,34);4,7-8,11-15,17,21,30H,5-6,9-10,16H2,1-3H3,(H2,28,33)(H,29,34). The summed E-state index contributed by atoms with van der Waals surface area (Å²) in [4.78, 5) is 88.9. The van der Waals surface area contributed by atoms with Crippen LogP contribution in [0.2, 0.25) is 0 Å². The second-order valence-corrected chi connectivity index (χ2v) is 29.0. The summed E-state index contributed by atoms with van der Waals surface area (Å²) in [6.07, 6.45) is 11.6. The third-order valence-electron chi connectivity index (χ3n) is 20.8. The Bertz CT molecular complexity index is 4670. The molecule has 3 saturated carbocycles. The van der Waals surface area contributed by atoms with E-state index in [0.717, 1.165) is 128 Å². The Labute approximate surface area is 618 Å². The molecule has 106 heavy (non-hydrogen) atoms. The van der Waals surface area contributed by atoms with Gasteiger partial charge in [0.1, 0.15) is 51.2 Å². The summed E-state index contributed by atoms with van der Waals surface area (Å²) in [5.74, 6) is -0.826. The van der Waals surface area contributed by atoms with Crippen LogP contribution < -0.4 is 49.9 Å². The highest BCUT2D eigenvalue weighted by Crippen LogP contribution is 2.47. The maximum atomic E-state index is 12.6. The van der Waals surface area contributed by atoms with Crippen molar-refractivity contribution in [2.24, 2.45) is 28.5 Å². The SMILES string of the molecule is Cc1ccccc1C(=O)NCc1ccc(-c2nn(C3CCC4(CC3)COC4)c(N)c2C(N)=O)cc1.Cc1ccccc1C(=O)NCc1ccc(-c2nn(C3CCCC(C(=O)N(C)C)C3)c(N)c2C(N)=O)cc1.Cc1ccccc1C(=O)NCc1ccc(-c2nn(C3CCCC3)c(NC(C)C)c2C(N)=O)cc1. The lowest BCUT2D eigenvalue weighted by Gasteiger charge is -2.46. The molecule has 2 atom stereocenters. The lowest BCUT2D eigenvalue weighted by molar-refractivity contribution is -0.135. The van der Waals surface area contributed by atoms with Gasteiger partial charge in [-0.15, -0.1) is 0 Å². The van der Waals surface area contributed by atoms with E-state index in [1.807, 2.05) is 179 Å². The molecule has 0 radical (unpaired) electrons. The molecule has 9 aromatic rings. The Kier molecular flexibility index (Phi) is 24.0. The zero-order valence-electron chi connectivity index (χ0n) is 61.5. The van der Waals surface area contributed by atoms with Gasteiger partial charge in [-0.3, -0.25) is 33.6 Å². The number of anilines is 3. The van der Waals surface area contributed by atoms with Crippen LogP contribution in [0.5, 0.6) is 0 Å². The van der Waals surface area contributed by atoms with Gasteiger partial charge in [0, 0.05) is 84.5 Å². The number of ether oxygens (including phenoxy) is 1. The van der Waals surface area contributed by atoms with Crippen molar-refractivity contribution in [3.8, 4) is 33.8 Å². The topological polar surface area (TPSA) is 364 Å². The molecule has 0 bridgehead atoms. The highest BCUT2D eigenvalue weighted by molar-refractivity contribution is 6.05. The van der Waals surface area contributed by atoms with Crippen molar-refractivity contribution in [2.45, 2.75) is 155 Å². The van der Waals surface area contributed by atoms with Crippen molar-refractivity contribution in [3.63, 3.8) is 0 Å². The number of rotatable bonds is 21. The molecule has 24 heteroatoms. The van der Waals surface area contributed by atoms with Crippen LogP contribution in [0.1, 0.15) is 205 Å². The Hall–Kier alpha value is -11.4. The third kappa shape index (κ3) is 17.4. The number of aromatic nitrogens is 6. The molecular formula is C82H98N16O8. The Morgan fingerprint density at radius 3 is 1.20 bits per heavy atom. The van der Waals surface area contributed by atoms with Crippen molar-refractivity contribution in [1.29, 1.82) is 0 Å². The van der Waals surface area contributed by atoms with Crippen molar-refractivity contribution in [1.82, 2.24) is 50.2 Å². The number of benzene rings is 6. The van der Waals surface area contributed by atoms with Crippen molar-refractivity contribution in [2.75, 3.05) is 44.1 Å². The maximum Gasteiger partial charge on any atom is 0.254 e. The summed E-state index contributed by atoms with van der Waals surface area (Å²) in [5, 5.41) is 26.6. The zero-order chi connectivity index (χ0) is 75.5. The molecule has 24 nitrogen and oxygen atoms in total. The van der Waals surface area contributed by atoms with E-state index >= 15 is 0 Å². The maximum absolute atomic E-state index is 12.6. The van der Waals surface area contributed by atoms with Crippen LogP contribution >= 0.6 is 0 Å². The fourth-order valence-electron chi connectivity index (χ4n) is 14.8. The first-order valence-electron chi connectivity index (χ1n) is 36.5. The van der Waals surface area contributed by atoms with Crippen molar-refractivity contribution < 1.29 is 38.3 Å². The Balaban J connectivity index is 0.000000159. The summed E-state index contributed by atoms with van der Waals surface area (Å²) in [5.41, 5.74) is 42.6. The van der Waals surface area contributed by atoms with Crippen LogP contribution in [0.15, 0.2) is 146 Å². The molecule has 1 aliphatic heterocycles. The van der Waals surface area contributed by atoms with Crippen LogP contribution in [-0.4, -0.2) is 109 Å². The van der Waals surface area contributed by atoms with E-state index in [1.54, 1.807) is 34.4 Å². The van der Waals surface area contributed by atoms with Crippen LogP contribution in [0, 0.1) is 32.1 Å². The van der Waals surface area contributed by atoms with Gasteiger partial charge in [-0.05, 0) is 144 Å². The minimum absolute atomic E-state index is 0.0922. The van der Waals surface area contributed by atoms with E-state index < -0.39 is 17.7 Å². The molecular weight excluding hydrogens is 1340 g/mol. The average molecular weight is 1440 g/mol. The number of hydrogen-bond acceptors (Lipinski definition) is 14. The first kappa shape index (κ1) is 75.7. The van der Waals surface area contributed by atoms with E-state index in [0.29, 0.717) is 88.0 Å². The number of carbonyl (C=O) groups is 7. The fraction of sp³-hybridized carbons (Fsp3) is 0.366. The van der Waals surface area contributed by atoms with E-state index in [1.165, 1.54) is 0 Å². The molecule has 4 aliphatic rings. The third-order valence-corrected chi connectivity index (χ3v) is 20.8. The van der Waals surface area contributed by atoms with Gasteiger partial charge in [-0.25, -0.2) is 14.0 Å². The van der Waals surface area contributed by atoms with Crippen LogP contribution in [0.3, 0.4) is 0 Å². The van der Waals surface area contributed by atoms with E-state index in [2.05, 4.69) is 21.3 Å². The molecule has 6 aromatic carbocycles. The number of aryl methyl sites for hydroxylation is 3. The summed E-state index contributed by atoms with van der Waals surface area (Å²) in [6.45, 7) is 12.6. The van der Waals surface area contributed by atoms with Crippen molar-refractivity contribution in [3.05, 3.63) is 212 Å².